The molecule has 0 aliphatic rings. The van der Waals surface area contributed by atoms with Gasteiger partial charge in [0.2, 0.25) is 0 Å². The first-order valence-corrected chi connectivity index (χ1v) is 9.00. The maximum Gasteiger partial charge on any atom is 0.270 e. The van der Waals surface area contributed by atoms with E-state index in [9.17, 15) is 14.9 Å². The fourth-order valence-corrected chi connectivity index (χ4v) is 2.83. The smallest absolute Gasteiger partial charge is 0.270 e. The highest BCUT2D eigenvalue weighted by atomic mass is 16.6. The number of rotatable bonds is 9. The third-order valence-corrected chi connectivity index (χ3v) is 4.57. The fourth-order valence-electron chi connectivity index (χ4n) is 2.83. The topological polar surface area (TPSA) is 85.9 Å². The van der Waals surface area contributed by atoms with Gasteiger partial charge in [0.05, 0.1) is 30.7 Å². The molecule has 144 valence electrons. The molecular formula is C20H26N3O4+. The van der Waals surface area contributed by atoms with Crippen LogP contribution in [0.3, 0.4) is 0 Å². The van der Waals surface area contributed by atoms with Crippen molar-refractivity contribution in [3.05, 3.63) is 69.3 Å². The Morgan fingerprint density at radius 2 is 1.74 bits per heavy atom. The summed E-state index contributed by atoms with van der Waals surface area (Å²) in [6.07, 6.45) is 0. The monoisotopic (exact) mass is 372 g/mol. The zero-order valence-corrected chi connectivity index (χ0v) is 16.0. The number of carbonyl (C=O) groups is 1. The van der Waals surface area contributed by atoms with Crippen LogP contribution in [0.2, 0.25) is 0 Å². The molecule has 2 N–H and O–H groups in total. The van der Waals surface area contributed by atoms with Crippen LogP contribution in [0.5, 0.6) is 5.75 Å². The van der Waals surface area contributed by atoms with Crippen LogP contribution in [0, 0.1) is 10.1 Å². The van der Waals surface area contributed by atoms with Crippen LogP contribution < -0.4 is 15.0 Å². The molecule has 2 aromatic carbocycles. The van der Waals surface area contributed by atoms with Gasteiger partial charge in [-0.25, -0.2) is 0 Å². The van der Waals surface area contributed by atoms with E-state index in [0.717, 1.165) is 25.2 Å². The quantitative estimate of drug-likeness (QED) is 0.520. The van der Waals surface area contributed by atoms with Crippen molar-refractivity contribution in [1.29, 1.82) is 0 Å². The second-order valence-electron chi connectivity index (χ2n) is 6.27. The van der Waals surface area contributed by atoms with Crippen LogP contribution >= 0.6 is 0 Å². The molecule has 0 aromatic heterocycles. The lowest BCUT2D eigenvalue weighted by atomic mass is 10.1. The van der Waals surface area contributed by atoms with Gasteiger partial charge in [-0.3, -0.25) is 14.9 Å². The number of quaternary nitrogens is 1. The van der Waals surface area contributed by atoms with E-state index in [1.807, 2.05) is 12.1 Å². The molecule has 0 saturated heterocycles. The Bertz CT molecular complexity index is 786. The van der Waals surface area contributed by atoms with E-state index < -0.39 is 10.8 Å². The Hall–Kier alpha value is -2.93. The number of nitrogens with zero attached hydrogens (tertiary/aromatic N) is 1. The molecule has 0 aliphatic carbocycles. The number of nitro benzene ring substituents is 1. The van der Waals surface area contributed by atoms with Gasteiger partial charge in [-0.15, -0.1) is 0 Å². The van der Waals surface area contributed by atoms with E-state index in [-0.39, 0.29) is 11.3 Å². The predicted octanol–water partition coefficient (Wildman–Crippen LogP) is 1.96. The van der Waals surface area contributed by atoms with Crippen LogP contribution in [0.25, 0.3) is 0 Å². The van der Waals surface area contributed by atoms with Gasteiger partial charge in [0, 0.05) is 24.2 Å². The van der Waals surface area contributed by atoms with Crippen LogP contribution in [0.15, 0.2) is 42.5 Å². The number of nitrogens with one attached hydrogen (secondary N) is 2. The van der Waals surface area contributed by atoms with Gasteiger partial charge in [0.1, 0.15) is 12.3 Å². The van der Waals surface area contributed by atoms with Crippen LogP contribution in [0.4, 0.5) is 5.69 Å². The van der Waals surface area contributed by atoms with Crippen molar-refractivity contribution in [3.8, 4) is 5.75 Å². The lowest BCUT2D eigenvalue weighted by molar-refractivity contribution is -0.910. The zero-order valence-electron chi connectivity index (χ0n) is 16.0. The first kappa shape index (κ1) is 20.4. The number of methoxy groups -OCH3 is 1. The summed E-state index contributed by atoms with van der Waals surface area (Å²) in [7, 11) is 1.43. The number of nitro groups is 1. The highest BCUT2D eigenvalue weighted by Crippen LogP contribution is 2.24. The second-order valence-corrected chi connectivity index (χ2v) is 6.27. The van der Waals surface area contributed by atoms with E-state index in [2.05, 4.69) is 31.3 Å². The zero-order chi connectivity index (χ0) is 19.8. The van der Waals surface area contributed by atoms with Crippen LogP contribution in [-0.4, -0.2) is 31.0 Å². The Morgan fingerprint density at radius 1 is 1.11 bits per heavy atom. The molecular weight excluding hydrogens is 346 g/mol. The van der Waals surface area contributed by atoms with E-state index in [4.69, 9.17) is 4.74 Å². The Morgan fingerprint density at radius 3 is 2.30 bits per heavy atom. The molecule has 0 atom stereocenters. The predicted molar refractivity (Wildman–Crippen MR) is 103 cm³/mol. The summed E-state index contributed by atoms with van der Waals surface area (Å²) in [5.41, 5.74) is 2.22. The molecule has 2 rings (SSSR count). The first-order valence-electron chi connectivity index (χ1n) is 9.00. The fraction of sp³-hybridized carbons (Fsp3) is 0.350. The minimum atomic E-state index is -0.535. The summed E-state index contributed by atoms with van der Waals surface area (Å²) < 4.78 is 5.14. The first-order chi connectivity index (χ1) is 13.0. The highest BCUT2D eigenvalue weighted by Gasteiger charge is 2.17. The molecule has 27 heavy (non-hydrogen) atoms. The lowest BCUT2D eigenvalue weighted by Crippen LogP contribution is -3.10. The summed E-state index contributed by atoms with van der Waals surface area (Å²) in [6.45, 7) is 7.82. The van der Waals surface area contributed by atoms with Gasteiger partial charge < -0.3 is 15.0 Å². The summed E-state index contributed by atoms with van der Waals surface area (Å²) in [5.74, 6) is -0.108. The second kappa shape index (κ2) is 9.68. The number of non-ortho nitro benzene ring substituents is 1. The minimum absolute atomic E-state index is 0.147. The summed E-state index contributed by atoms with van der Waals surface area (Å²) >= 11 is 0. The SMILES string of the molecule is CC[NH+](CC)Cc1ccc(CNC(=O)c2cc([N+](=O)[O-])ccc2OC)cc1. The van der Waals surface area contributed by atoms with Crippen molar-refractivity contribution in [1.82, 2.24) is 5.32 Å². The van der Waals surface area contributed by atoms with Crippen molar-refractivity contribution < 1.29 is 19.4 Å². The lowest BCUT2D eigenvalue weighted by Gasteiger charge is -2.15. The molecule has 0 bridgehead atoms. The van der Waals surface area contributed by atoms with E-state index in [1.54, 1.807) is 0 Å². The van der Waals surface area contributed by atoms with Crippen molar-refractivity contribution in [2.75, 3.05) is 20.2 Å². The molecule has 0 heterocycles. The molecule has 7 nitrogen and oxygen atoms in total. The number of amides is 1. The number of ether oxygens (including phenoxy) is 1. The Kier molecular flexibility index (Phi) is 7.31. The van der Waals surface area contributed by atoms with Gasteiger partial charge in [0.15, 0.2) is 0 Å². The molecule has 0 fully saturated rings. The van der Waals surface area contributed by atoms with Gasteiger partial charge in [-0.05, 0) is 25.5 Å². The van der Waals surface area contributed by atoms with Crippen molar-refractivity contribution in [2.24, 2.45) is 0 Å². The summed E-state index contributed by atoms with van der Waals surface area (Å²) in [5, 5.41) is 13.7. The van der Waals surface area contributed by atoms with Gasteiger partial charge in [-0.2, -0.15) is 0 Å². The average molecular weight is 372 g/mol. The molecule has 0 aliphatic heterocycles. The molecule has 0 unspecified atom stereocenters. The van der Waals surface area contributed by atoms with Crippen molar-refractivity contribution in [3.63, 3.8) is 0 Å². The van der Waals surface area contributed by atoms with Crippen LogP contribution in [0.1, 0.15) is 35.3 Å². The van der Waals surface area contributed by atoms with Crippen molar-refractivity contribution in [2.45, 2.75) is 26.9 Å². The molecule has 7 heteroatoms. The molecule has 0 spiro atoms. The van der Waals surface area contributed by atoms with E-state index in [0.29, 0.717) is 12.3 Å². The maximum atomic E-state index is 12.4. The average Bonchev–Trinajstić information content (AvgIpc) is 2.70. The molecule has 2 aromatic rings. The number of hydrogen-bond donors (Lipinski definition) is 2. The number of benzene rings is 2. The van der Waals surface area contributed by atoms with Gasteiger partial charge in [0.25, 0.3) is 11.6 Å². The molecule has 0 saturated carbocycles. The maximum absolute atomic E-state index is 12.4. The summed E-state index contributed by atoms with van der Waals surface area (Å²) in [6, 6.07) is 12.1. The minimum Gasteiger partial charge on any atom is -0.496 e. The Balaban J connectivity index is 2.03. The third-order valence-electron chi connectivity index (χ3n) is 4.57. The van der Waals surface area contributed by atoms with E-state index in [1.165, 1.54) is 35.8 Å². The third kappa shape index (κ3) is 5.52. The number of hydrogen-bond acceptors (Lipinski definition) is 4. The Labute approximate surface area is 159 Å². The number of carbonyl (C=O) groups excluding carboxylic acids is 1. The molecule has 0 radical (unpaired) electrons. The summed E-state index contributed by atoms with van der Waals surface area (Å²) in [4.78, 5) is 24.4. The van der Waals surface area contributed by atoms with Crippen molar-refractivity contribution >= 4 is 11.6 Å². The normalized spacial score (nSPS) is 10.7. The highest BCUT2D eigenvalue weighted by molar-refractivity contribution is 5.97. The van der Waals surface area contributed by atoms with Gasteiger partial charge >= 0.3 is 0 Å². The molecule has 1 amide bonds. The van der Waals surface area contributed by atoms with E-state index >= 15 is 0 Å². The largest absolute Gasteiger partial charge is 0.496 e. The van der Waals surface area contributed by atoms with Gasteiger partial charge in [-0.1, -0.05) is 24.3 Å². The standard InChI is InChI=1S/C20H25N3O4/c1-4-22(5-2)14-16-8-6-15(7-9-16)13-21-20(24)18-12-17(23(25)26)10-11-19(18)27-3/h6-12H,4-5,13-14H2,1-3H3,(H,21,24)/p+1. The van der Waals surface area contributed by atoms with Crippen LogP contribution in [-0.2, 0) is 13.1 Å².